The standard InChI is InChI=1S/C9H15N5/c1-10-8(9-11-13-14-12-9)7-5-3-2-4-6-7/h2-6,8-14H,1H3. The largest absolute Gasteiger partial charge is 0.311 e. The molecule has 5 nitrogen and oxygen atoms in total. The van der Waals surface area contributed by atoms with Gasteiger partial charge in [-0.3, -0.25) is 0 Å². The van der Waals surface area contributed by atoms with Gasteiger partial charge in [-0.2, -0.15) is 11.1 Å². The fourth-order valence-corrected chi connectivity index (χ4v) is 1.62. The zero-order valence-corrected chi connectivity index (χ0v) is 8.04. The number of hydrogen-bond donors (Lipinski definition) is 5. The van der Waals surface area contributed by atoms with Gasteiger partial charge in [0.05, 0.1) is 6.04 Å². The molecule has 1 atom stereocenters. The first-order valence-electron chi connectivity index (χ1n) is 4.65. The van der Waals surface area contributed by atoms with Crippen LogP contribution in [0.25, 0.3) is 0 Å². The Hall–Kier alpha value is -0.980. The van der Waals surface area contributed by atoms with Crippen LogP contribution < -0.4 is 27.2 Å². The second-order valence-corrected chi connectivity index (χ2v) is 3.19. The summed E-state index contributed by atoms with van der Waals surface area (Å²) in [4.78, 5) is 0. The molecule has 0 aromatic heterocycles. The molecule has 14 heavy (non-hydrogen) atoms. The lowest BCUT2D eigenvalue weighted by Crippen LogP contribution is -2.44. The van der Waals surface area contributed by atoms with Crippen LogP contribution in [0.15, 0.2) is 30.3 Å². The molecule has 1 aliphatic heterocycles. The SMILES string of the molecule is CNC(c1ccccc1)C1NNNN1. The van der Waals surface area contributed by atoms with Gasteiger partial charge in [0, 0.05) is 0 Å². The summed E-state index contributed by atoms with van der Waals surface area (Å²) in [6.07, 6.45) is 0.127. The predicted octanol–water partition coefficient (Wildman–Crippen LogP) is -0.610. The van der Waals surface area contributed by atoms with E-state index >= 15 is 0 Å². The molecule has 1 aliphatic rings. The summed E-state index contributed by atoms with van der Waals surface area (Å²) in [7, 11) is 1.94. The molecule has 2 rings (SSSR count). The summed E-state index contributed by atoms with van der Waals surface area (Å²) < 4.78 is 0. The average molecular weight is 193 g/mol. The van der Waals surface area contributed by atoms with E-state index < -0.39 is 0 Å². The molecule has 0 spiro atoms. The fraction of sp³-hybridized carbons (Fsp3) is 0.333. The van der Waals surface area contributed by atoms with Crippen molar-refractivity contribution in [2.45, 2.75) is 12.2 Å². The van der Waals surface area contributed by atoms with Crippen molar-refractivity contribution in [2.24, 2.45) is 0 Å². The van der Waals surface area contributed by atoms with Gasteiger partial charge in [0.1, 0.15) is 6.17 Å². The van der Waals surface area contributed by atoms with Crippen LogP contribution in [0, 0.1) is 0 Å². The molecule has 5 heteroatoms. The zero-order valence-electron chi connectivity index (χ0n) is 8.04. The Morgan fingerprint density at radius 1 is 1.14 bits per heavy atom. The normalized spacial score (nSPS) is 19.8. The monoisotopic (exact) mass is 193 g/mol. The molecule has 0 aliphatic carbocycles. The van der Waals surface area contributed by atoms with Crippen LogP contribution in [0.5, 0.6) is 0 Å². The third-order valence-electron chi connectivity index (χ3n) is 2.32. The molecule has 1 aromatic carbocycles. The number of likely N-dealkylation sites (N-methyl/N-ethyl adjacent to an activating group) is 1. The molecule has 1 aromatic rings. The van der Waals surface area contributed by atoms with E-state index in [-0.39, 0.29) is 12.2 Å². The minimum absolute atomic E-state index is 0.127. The molecule has 76 valence electrons. The summed E-state index contributed by atoms with van der Waals surface area (Å²) in [5.41, 5.74) is 13.0. The fourth-order valence-electron chi connectivity index (χ4n) is 1.62. The summed E-state index contributed by atoms with van der Waals surface area (Å²) >= 11 is 0. The highest BCUT2D eigenvalue weighted by atomic mass is 15.8. The molecule has 1 unspecified atom stereocenters. The molecular formula is C9H15N5. The van der Waals surface area contributed by atoms with Crippen LogP contribution in [0.1, 0.15) is 11.6 Å². The van der Waals surface area contributed by atoms with Crippen molar-refractivity contribution in [2.75, 3.05) is 7.05 Å². The van der Waals surface area contributed by atoms with Crippen LogP contribution in [-0.2, 0) is 0 Å². The molecule has 0 amide bonds. The van der Waals surface area contributed by atoms with Crippen LogP contribution >= 0.6 is 0 Å². The maximum atomic E-state index is 3.26. The van der Waals surface area contributed by atoms with Crippen LogP contribution in [0.4, 0.5) is 0 Å². The van der Waals surface area contributed by atoms with E-state index in [1.54, 1.807) is 0 Å². The highest BCUT2D eigenvalue weighted by molar-refractivity contribution is 5.20. The van der Waals surface area contributed by atoms with Gasteiger partial charge in [0.25, 0.3) is 0 Å². The minimum atomic E-state index is 0.127. The first-order chi connectivity index (χ1) is 6.92. The molecule has 0 radical (unpaired) electrons. The molecule has 1 heterocycles. The number of nitrogens with one attached hydrogen (secondary N) is 5. The first-order valence-corrected chi connectivity index (χ1v) is 4.65. The van der Waals surface area contributed by atoms with Gasteiger partial charge in [-0.15, -0.1) is 0 Å². The Balaban J connectivity index is 2.12. The van der Waals surface area contributed by atoms with Crippen LogP contribution in [-0.4, -0.2) is 13.2 Å². The van der Waals surface area contributed by atoms with Gasteiger partial charge in [-0.05, 0) is 12.6 Å². The van der Waals surface area contributed by atoms with E-state index in [1.807, 2.05) is 25.2 Å². The molecule has 0 bridgehead atoms. The summed E-state index contributed by atoms with van der Waals surface area (Å²) in [5.74, 6) is 0. The molecule has 0 saturated carbocycles. The van der Waals surface area contributed by atoms with Gasteiger partial charge in [0.2, 0.25) is 0 Å². The Kier molecular flexibility index (Phi) is 3.07. The lowest BCUT2D eigenvalue weighted by atomic mass is 10.1. The maximum absolute atomic E-state index is 3.26. The average Bonchev–Trinajstić information content (AvgIpc) is 2.74. The van der Waals surface area contributed by atoms with Crippen LogP contribution in [0.2, 0.25) is 0 Å². The lowest BCUT2D eigenvalue weighted by molar-refractivity contribution is 0.393. The van der Waals surface area contributed by atoms with Crippen molar-refractivity contribution in [1.29, 1.82) is 0 Å². The number of rotatable bonds is 3. The smallest absolute Gasteiger partial charge is 0.105 e. The number of hydrogen-bond acceptors (Lipinski definition) is 5. The zero-order chi connectivity index (χ0) is 9.80. The Morgan fingerprint density at radius 2 is 1.79 bits per heavy atom. The second kappa shape index (κ2) is 4.50. The Bertz CT molecular complexity index is 270. The Labute approximate surface area is 83.2 Å². The van der Waals surface area contributed by atoms with Crippen molar-refractivity contribution in [3.05, 3.63) is 35.9 Å². The van der Waals surface area contributed by atoms with Crippen molar-refractivity contribution in [1.82, 2.24) is 27.2 Å². The quantitative estimate of drug-likeness (QED) is 0.443. The van der Waals surface area contributed by atoms with E-state index in [0.29, 0.717) is 0 Å². The number of hydrazine groups is 3. The summed E-state index contributed by atoms with van der Waals surface area (Å²) in [6, 6.07) is 10.5. The van der Waals surface area contributed by atoms with Crippen molar-refractivity contribution < 1.29 is 0 Å². The van der Waals surface area contributed by atoms with Crippen molar-refractivity contribution in [3.8, 4) is 0 Å². The Morgan fingerprint density at radius 3 is 2.36 bits per heavy atom. The van der Waals surface area contributed by atoms with Crippen molar-refractivity contribution in [3.63, 3.8) is 0 Å². The van der Waals surface area contributed by atoms with Gasteiger partial charge < -0.3 is 5.32 Å². The van der Waals surface area contributed by atoms with Gasteiger partial charge >= 0.3 is 0 Å². The second-order valence-electron chi connectivity index (χ2n) is 3.19. The highest BCUT2D eigenvalue weighted by Crippen LogP contribution is 2.14. The van der Waals surface area contributed by atoms with E-state index in [4.69, 9.17) is 0 Å². The molecule has 5 N–H and O–H groups in total. The molecule has 1 fully saturated rings. The van der Waals surface area contributed by atoms with E-state index in [0.717, 1.165) is 0 Å². The lowest BCUT2D eigenvalue weighted by Gasteiger charge is -2.22. The first kappa shape index (κ1) is 9.57. The van der Waals surface area contributed by atoms with Gasteiger partial charge in [-0.25, -0.2) is 10.9 Å². The molecule has 1 saturated heterocycles. The van der Waals surface area contributed by atoms with E-state index in [9.17, 15) is 0 Å². The third kappa shape index (κ3) is 1.92. The summed E-state index contributed by atoms with van der Waals surface area (Å²) in [6.45, 7) is 0. The number of benzene rings is 1. The van der Waals surface area contributed by atoms with Gasteiger partial charge in [-0.1, -0.05) is 30.3 Å². The minimum Gasteiger partial charge on any atom is -0.311 e. The van der Waals surface area contributed by atoms with E-state index in [1.165, 1.54) is 5.56 Å². The van der Waals surface area contributed by atoms with Crippen LogP contribution in [0.3, 0.4) is 0 Å². The summed E-state index contributed by atoms with van der Waals surface area (Å²) in [5, 5.41) is 3.26. The topological polar surface area (TPSA) is 60.1 Å². The highest BCUT2D eigenvalue weighted by Gasteiger charge is 2.23. The predicted molar refractivity (Wildman–Crippen MR) is 54.6 cm³/mol. The van der Waals surface area contributed by atoms with Crippen molar-refractivity contribution >= 4 is 0 Å². The maximum Gasteiger partial charge on any atom is 0.105 e. The van der Waals surface area contributed by atoms with E-state index in [2.05, 4.69) is 39.4 Å². The third-order valence-corrected chi connectivity index (χ3v) is 2.32. The van der Waals surface area contributed by atoms with Gasteiger partial charge in [0.15, 0.2) is 0 Å². The molecular weight excluding hydrogens is 178 g/mol.